The summed E-state index contributed by atoms with van der Waals surface area (Å²) >= 11 is 0. The second-order valence-corrected chi connectivity index (χ2v) is 6.72. The minimum absolute atomic E-state index is 0.0993. The van der Waals surface area contributed by atoms with Gasteiger partial charge in [0.1, 0.15) is 11.5 Å². The van der Waals surface area contributed by atoms with Gasteiger partial charge in [0.15, 0.2) is 0 Å². The zero-order valence-corrected chi connectivity index (χ0v) is 17.0. The van der Waals surface area contributed by atoms with Crippen LogP contribution in [0.3, 0.4) is 0 Å². The highest BCUT2D eigenvalue weighted by Gasteiger charge is 2.18. The van der Waals surface area contributed by atoms with Crippen molar-refractivity contribution < 1.29 is 24.1 Å². The summed E-state index contributed by atoms with van der Waals surface area (Å²) in [5, 5.41) is 11.1. The first-order chi connectivity index (χ1) is 14.1. The number of carboxylic acids is 1. The molecule has 1 N–H and O–H groups in total. The normalized spacial score (nSPS) is 10.9. The molecule has 0 amide bonds. The average Bonchev–Trinajstić information content (AvgIpc) is 2.75. The van der Waals surface area contributed by atoms with Gasteiger partial charge in [-0.2, -0.15) is 0 Å². The van der Waals surface area contributed by atoms with E-state index in [1.165, 1.54) is 0 Å². The molecule has 3 aromatic carbocycles. The second kappa shape index (κ2) is 9.43. The highest BCUT2D eigenvalue weighted by atomic mass is 16.5. The van der Waals surface area contributed by atoms with Gasteiger partial charge in [-0.25, -0.2) is 0 Å². The van der Waals surface area contributed by atoms with E-state index in [0.717, 1.165) is 33.0 Å². The molecule has 0 aliphatic rings. The molecule has 0 spiro atoms. The summed E-state index contributed by atoms with van der Waals surface area (Å²) in [7, 11) is 3.29. The molecule has 0 aromatic heterocycles. The summed E-state index contributed by atoms with van der Waals surface area (Å²) in [6.07, 6.45) is 0.583. The van der Waals surface area contributed by atoms with E-state index in [1.54, 1.807) is 14.2 Å². The van der Waals surface area contributed by atoms with Gasteiger partial charge in [-0.3, -0.25) is 4.79 Å². The van der Waals surface area contributed by atoms with E-state index in [-0.39, 0.29) is 6.42 Å². The smallest absolute Gasteiger partial charge is 0.303 e. The van der Waals surface area contributed by atoms with E-state index in [4.69, 9.17) is 19.3 Å². The van der Waals surface area contributed by atoms with Gasteiger partial charge in [0.25, 0.3) is 0 Å². The van der Waals surface area contributed by atoms with Crippen molar-refractivity contribution in [2.45, 2.75) is 26.4 Å². The Balaban J connectivity index is 2.17. The number of ether oxygens (including phenoxy) is 3. The van der Waals surface area contributed by atoms with E-state index < -0.39 is 5.97 Å². The van der Waals surface area contributed by atoms with Crippen molar-refractivity contribution in [2.24, 2.45) is 0 Å². The number of hydrogen-bond donors (Lipinski definition) is 1. The molecular formula is C24H26O5. The fraction of sp³-hybridized carbons (Fsp3) is 0.292. The molecule has 0 saturated carbocycles. The number of carboxylic acid groups (broad SMARTS) is 1. The van der Waals surface area contributed by atoms with Gasteiger partial charge in [0.2, 0.25) is 0 Å². The predicted octanol–water partition coefficient (Wildman–Crippen LogP) is 5.08. The largest absolute Gasteiger partial charge is 0.496 e. The maximum atomic E-state index is 11.0. The number of aryl methyl sites for hydroxylation is 1. The molecule has 29 heavy (non-hydrogen) atoms. The highest BCUT2D eigenvalue weighted by Crippen LogP contribution is 2.43. The van der Waals surface area contributed by atoms with Crippen LogP contribution in [0.25, 0.3) is 21.9 Å². The monoisotopic (exact) mass is 394 g/mol. The lowest BCUT2D eigenvalue weighted by atomic mass is 9.92. The van der Waals surface area contributed by atoms with Crippen LogP contribution >= 0.6 is 0 Å². The summed E-state index contributed by atoms with van der Waals surface area (Å²) < 4.78 is 17.0. The standard InChI is InChI=1S/C24H26O5/c1-4-29-15-16-13-21(27-2)24(22(14-16)28-3)20-11-9-17(10-12-23(25)26)18-7-5-6-8-19(18)20/h5-9,11,13-14H,4,10,12,15H2,1-3H3,(H,25,26). The van der Waals surface area contributed by atoms with Crippen molar-refractivity contribution >= 4 is 16.7 Å². The lowest BCUT2D eigenvalue weighted by Gasteiger charge is -2.18. The molecule has 0 aliphatic carbocycles. The quantitative estimate of drug-likeness (QED) is 0.548. The molecule has 152 valence electrons. The van der Waals surface area contributed by atoms with Gasteiger partial charge < -0.3 is 19.3 Å². The Morgan fingerprint density at radius 3 is 2.21 bits per heavy atom. The van der Waals surface area contributed by atoms with Crippen molar-refractivity contribution in [1.82, 2.24) is 0 Å². The maximum absolute atomic E-state index is 11.0. The lowest BCUT2D eigenvalue weighted by molar-refractivity contribution is -0.136. The predicted molar refractivity (Wildman–Crippen MR) is 114 cm³/mol. The minimum atomic E-state index is -0.800. The molecule has 0 radical (unpaired) electrons. The number of fused-ring (bicyclic) bond motifs is 1. The van der Waals surface area contributed by atoms with Gasteiger partial charge in [0, 0.05) is 13.0 Å². The molecule has 0 bridgehead atoms. The average molecular weight is 394 g/mol. The Labute approximate surface area is 170 Å². The maximum Gasteiger partial charge on any atom is 0.303 e. The summed E-state index contributed by atoms with van der Waals surface area (Å²) in [4.78, 5) is 11.0. The van der Waals surface area contributed by atoms with Crippen molar-refractivity contribution in [3.05, 3.63) is 59.7 Å². The van der Waals surface area contributed by atoms with Crippen LogP contribution in [0.4, 0.5) is 0 Å². The molecular weight excluding hydrogens is 368 g/mol. The molecule has 0 aliphatic heterocycles. The van der Waals surface area contributed by atoms with Crippen molar-refractivity contribution in [1.29, 1.82) is 0 Å². The Hall–Kier alpha value is -3.05. The van der Waals surface area contributed by atoms with Crippen LogP contribution in [0.2, 0.25) is 0 Å². The fourth-order valence-corrected chi connectivity index (χ4v) is 3.57. The highest BCUT2D eigenvalue weighted by molar-refractivity contribution is 6.01. The number of methoxy groups -OCH3 is 2. The number of carbonyl (C=O) groups is 1. The second-order valence-electron chi connectivity index (χ2n) is 6.72. The summed E-state index contributed by atoms with van der Waals surface area (Å²) in [5.41, 5.74) is 3.84. The van der Waals surface area contributed by atoms with Gasteiger partial charge in [-0.15, -0.1) is 0 Å². The van der Waals surface area contributed by atoms with Crippen molar-refractivity contribution in [3.63, 3.8) is 0 Å². The summed E-state index contributed by atoms with van der Waals surface area (Å²) in [6, 6.07) is 16.0. The summed E-state index contributed by atoms with van der Waals surface area (Å²) in [5.74, 6) is 0.622. The van der Waals surface area contributed by atoms with Crippen LogP contribution in [0.5, 0.6) is 11.5 Å². The number of benzene rings is 3. The fourth-order valence-electron chi connectivity index (χ4n) is 3.57. The first kappa shape index (κ1) is 20.7. The molecule has 5 nitrogen and oxygen atoms in total. The lowest BCUT2D eigenvalue weighted by Crippen LogP contribution is -2.00. The molecule has 0 atom stereocenters. The third-order valence-corrected chi connectivity index (χ3v) is 4.93. The van der Waals surface area contributed by atoms with Crippen LogP contribution in [0.15, 0.2) is 48.5 Å². The topological polar surface area (TPSA) is 65.0 Å². The first-order valence-electron chi connectivity index (χ1n) is 9.64. The molecule has 0 fully saturated rings. The molecule has 3 rings (SSSR count). The molecule has 0 saturated heterocycles. The Kier molecular flexibility index (Phi) is 6.73. The van der Waals surface area contributed by atoms with Crippen LogP contribution in [-0.2, 0) is 22.6 Å². The zero-order chi connectivity index (χ0) is 20.8. The van der Waals surface area contributed by atoms with E-state index in [2.05, 4.69) is 0 Å². The van der Waals surface area contributed by atoms with E-state index in [1.807, 2.05) is 55.5 Å². The Morgan fingerprint density at radius 2 is 1.62 bits per heavy atom. The van der Waals surface area contributed by atoms with E-state index in [0.29, 0.717) is 31.1 Å². The minimum Gasteiger partial charge on any atom is -0.496 e. The number of aliphatic carboxylic acids is 1. The van der Waals surface area contributed by atoms with Gasteiger partial charge >= 0.3 is 5.97 Å². The number of hydrogen-bond acceptors (Lipinski definition) is 4. The third kappa shape index (κ3) is 4.51. The number of rotatable bonds is 9. The molecule has 0 unspecified atom stereocenters. The third-order valence-electron chi connectivity index (χ3n) is 4.93. The Morgan fingerprint density at radius 1 is 0.966 bits per heavy atom. The summed E-state index contributed by atoms with van der Waals surface area (Å²) in [6.45, 7) is 3.08. The van der Waals surface area contributed by atoms with E-state index in [9.17, 15) is 4.79 Å². The Bertz CT molecular complexity index is 984. The van der Waals surface area contributed by atoms with Gasteiger partial charge in [0.05, 0.1) is 26.4 Å². The van der Waals surface area contributed by atoms with Gasteiger partial charge in [-0.05, 0) is 52.9 Å². The first-order valence-corrected chi connectivity index (χ1v) is 9.64. The SMILES string of the molecule is CCOCc1cc(OC)c(-c2ccc(CCC(=O)O)c3ccccc23)c(OC)c1. The molecule has 5 heteroatoms. The van der Waals surface area contributed by atoms with Crippen LogP contribution < -0.4 is 9.47 Å². The van der Waals surface area contributed by atoms with Crippen LogP contribution in [0.1, 0.15) is 24.5 Å². The van der Waals surface area contributed by atoms with E-state index >= 15 is 0 Å². The van der Waals surface area contributed by atoms with Crippen LogP contribution in [-0.4, -0.2) is 31.9 Å². The van der Waals surface area contributed by atoms with Crippen molar-refractivity contribution in [3.8, 4) is 22.6 Å². The molecule has 0 heterocycles. The van der Waals surface area contributed by atoms with Crippen molar-refractivity contribution in [2.75, 3.05) is 20.8 Å². The zero-order valence-electron chi connectivity index (χ0n) is 17.0. The van der Waals surface area contributed by atoms with Gasteiger partial charge in [-0.1, -0.05) is 36.4 Å². The molecule has 3 aromatic rings. The van der Waals surface area contributed by atoms with Crippen LogP contribution in [0, 0.1) is 0 Å².